The Balaban J connectivity index is 1.58. The first kappa shape index (κ1) is 27.4. The Morgan fingerprint density at radius 2 is 2.16 bits per heavy atom. The monoisotopic (exact) mass is 553 g/mol. The Morgan fingerprint density at radius 3 is 2.84 bits per heavy atom. The zero-order valence-corrected chi connectivity index (χ0v) is 20.9. The first-order valence-corrected chi connectivity index (χ1v) is 12.1. The van der Waals surface area contributed by atoms with E-state index in [0.717, 1.165) is 18.5 Å². The summed E-state index contributed by atoms with van der Waals surface area (Å²) in [6.07, 6.45) is -1.13. The fourth-order valence-corrected chi connectivity index (χ4v) is 4.86. The number of benzene rings is 1. The number of piperidine rings is 1. The number of amides is 2. The fraction of sp³-hybridized carbons (Fsp3) is 0.360. The molecule has 3 heterocycles. The van der Waals surface area contributed by atoms with Crippen LogP contribution in [0, 0.1) is 5.82 Å². The van der Waals surface area contributed by atoms with Crippen molar-refractivity contribution in [2.45, 2.75) is 44.0 Å². The molecule has 4 rings (SSSR count). The summed E-state index contributed by atoms with van der Waals surface area (Å²) >= 11 is 5.99. The minimum absolute atomic E-state index is 0.0300. The van der Waals surface area contributed by atoms with Crippen molar-refractivity contribution >= 4 is 35.5 Å². The maximum absolute atomic E-state index is 15.1. The highest BCUT2D eigenvalue weighted by molar-refractivity contribution is 6.31. The van der Waals surface area contributed by atoms with Crippen LogP contribution in [0.3, 0.4) is 0 Å². The summed E-state index contributed by atoms with van der Waals surface area (Å²) in [5, 5.41) is 2.30. The van der Waals surface area contributed by atoms with Crippen LogP contribution in [0.25, 0.3) is 0 Å². The number of likely N-dealkylation sites (tertiary alicyclic amines) is 1. The third kappa shape index (κ3) is 5.31. The lowest BCUT2D eigenvalue weighted by atomic mass is 9.83. The van der Waals surface area contributed by atoms with E-state index in [0.29, 0.717) is 12.8 Å². The van der Waals surface area contributed by atoms with Crippen molar-refractivity contribution in [2.75, 3.05) is 18.4 Å². The van der Waals surface area contributed by atoms with Crippen LogP contribution in [0.4, 0.5) is 28.0 Å². The van der Waals surface area contributed by atoms with E-state index in [2.05, 4.69) is 15.3 Å². The van der Waals surface area contributed by atoms with E-state index in [1.807, 2.05) is 0 Å². The second kappa shape index (κ2) is 10.6. The highest BCUT2D eigenvalue weighted by Gasteiger charge is 2.48. The van der Waals surface area contributed by atoms with Crippen molar-refractivity contribution in [1.29, 1.82) is 0 Å². The molecule has 2 aliphatic rings. The molecule has 1 fully saturated rings. The minimum atomic E-state index is -4.61. The Bertz CT molecular complexity index is 1320. The van der Waals surface area contributed by atoms with Crippen LogP contribution < -0.4 is 11.1 Å². The summed E-state index contributed by atoms with van der Waals surface area (Å²) in [5.74, 6) is -1.31. The number of pyridine rings is 1. The summed E-state index contributed by atoms with van der Waals surface area (Å²) in [4.78, 5) is 34.7. The van der Waals surface area contributed by atoms with Crippen LogP contribution in [-0.4, -0.2) is 41.2 Å². The lowest BCUT2D eigenvalue weighted by molar-refractivity contribution is -0.141. The van der Waals surface area contributed by atoms with Crippen molar-refractivity contribution < 1.29 is 31.9 Å². The number of halogens is 5. The molecule has 0 saturated carbocycles. The molecule has 2 aromatic rings. The first-order valence-electron chi connectivity index (χ1n) is 11.7. The number of carbonyl (C=O) groups is 2. The van der Waals surface area contributed by atoms with Gasteiger partial charge < -0.3 is 15.4 Å². The van der Waals surface area contributed by atoms with E-state index < -0.39 is 41.3 Å². The molecule has 0 radical (unpaired) electrons. The molecule has 1 aromatic heterocycles. The number of nitrogens with two attached hydrogens (primary N) is 1. The molecule has 2 aliphatic heterocycles. The molecule has 202 valence electrons. The lowest BCUT2D eigenvalue weighted by Gasteiger charge is -2.45. The number of hydrogen-bond acceptors (Lipinski definition) is 6. The van der Waals surface area contributed by atoms with Crippen LogP contribution in [-0.2, 0) is 21.3 Å². The third-order valence-electron chi connectivity index (χ3n) is 6.48. The van der Waals surface area contributed by atoms with Gasteiger partial charge in [0.15, 0.2) is 11.4 Å². The maximum atomic E-state index is 15.1. The van der Waals surface area contributed by atoms with Gasteiger partial charge in [0, 0.05) is 25.2 Å². The SMILES string of the molecule is CCC(N=CC(=CN)C(=O)N1CCC[C@@]2(C1)OC(=O)Nc1ccc(Cl)c(F)c12)c1ccnc(C(F)(F)F)c1. The number of anilines is 1. The van der Waals surface area contributed by atoms with Crippen molar-refractivity contribution in [3.8, 4) is 0 Å². The van der Waals surface area contributed by atoms with E-state index >= 15 is 4.39 Å². The molecule has 0 bridgehead atoms. The van der Waals surface area contributed by atoms with Gasteiger partial charge in [-0.25, -0.2) is 9.18 Å². The molecule has 0 aliphatic carbocycles. The topological polar surface area (TPSA) is 110 Å². The van der Waals surface area contributed by atoms with E-state index in [4.69, 9.17) is 22.1 Å². The number of fused-ring (bicyclic) bond motifs is 2. The standard InChI is InChI=1S/C25H24ClF4N5O3/c1-2-17(14-6-8-32-19(10-14)25(28,29)30)33-12-15(11-31)22(36)35-9-3-7-24(13-35)20-18(34-23(37)38-24)5-4-16(26)21(20)27/h4-6,8,10-12,17H,2-3,7,9,13,31H2,1H3,(H,34,37)/t17?,24-/m0/s1. The predicted molar refractivity (Wildman–Crippen MR) is 132 cm³/mol. The molecule has 13 heteroatoms. The average Bonchev–Trinajstić information content (AvgIpc) is 2.88. The summed E-state index contributed by atoms with van der Waals surface area (Å²) in [5.41, 5.74) is 3.70. The molecular weight excluding hydrogens is 530 g/mol. The van der Waals surface area contributed by atoms with Crippen LogP contribution in [0.2, 0.25) is 5.02 Å². The van der Waals surface area contributed by atoms with Crippen LogP contribution >= 0.6 is 11.6 Å². The molecule has 1 spiro atoms. The number of hydrogen-bond donors (Lipinski definition) is 2. The van der Waals surface area contributed by atoms with Crippen LogP contribution in [0.15, 0.2) is 47.2 Å². The van der Waals surface area contributed by atoms with Gasteiger partial charge in [0.05, 0.1) is 34.4 Å². The van der Waals surface area contributed by atoms with E-state index in [1.165, 1.54) is 29.3 Å². The van der Waals surface area contributed by atoms with Gasteiger partial charge in [-0.15, -0.1) is 0 Å². The molecule has 38 heavy (non-hydrogen) atoms. The highest BCUT2D eigenvalue weighted by Crippen LogP contribution is 2.45. The fourth-order valence-electron chi connectivity index (χ4n) is 4.71. The molecular formula is C25H24ClF4N5O3. The maximum Gasteiger partial charge on any atom is 0.433 e. The number of carbonyl (C=O) groups excluding carboxylic acids is 2. The molecule has 3 N–H and O–H groups in total. The van der Waals surface area contributed by atoms with E-state index in [-0.39, 0.29) is 46.9 Å². The molecule has 1 saturated heterocycles. The zero-order valence-electron chi connectivity index (χ0n) is 20.2. The number of aliphatic imine (C=N–C) groups is 1. The number of nitrogens with one attached hydrogen (secondary N) is 1. The van der Waals surface area contributed by atoms with Gasteiger partial charge in [-0.2, -0.15) is 13.2 Å². The van der Waals surface area contributed by atoms with Gasteiger partial charge in [-0.05, 0) is 49.1 Å². The molecule has 2 atom stereocenters. The number of rotatable bonds is 5. The molecule has 1 unspecified atom stereocenters. The number of nitrogens with zero attached hydrogens (tertiary/aromatic N) is 3. The normalized spacial score (nSPS) is 20.7. The largest absolute Gasteiger partial charge is 0.436 e. The highest BCUT2D eigenvalue weighted by atomic mass is 35.5. The summed E-state index contributed by atoms with van der Waals surface area (Å²) in [6.45, 7) is 1.84. The minimum Gasteiger partial charge on any atom is -0.436 e. The second-order valence-corrected chi connectivity index (χ2v) is 9.33. The Morgan fingerprint density at radius 1 is 1.39 bits per heavy atom. The van der Waals surface area contributed by atoms with Crippen molar-refractivity contribution in [1.82, 2.24) is 9.88 Å². The summed E-state index contributed by atoms with van der Waals surface area (Å²) < 4.78 is 59.9. The summed E-state index contributed by atoms with van der Waals surface area (Å²) in [7, 11) is 0. The Hall–Kier alpha value is -3.67. The van der Waals surface area contributed by atoms with Gasteiger partial charge in [0.1, 0.15) is 5.69 Å². The first-order chi connectivity index (χ1) is 18.0. The van der Waals surface area contributed by atoms with Gasteiger partial charge in [-0.1, -0.05) is 18.5 Å². The Kier molecular flexibility index (Phi) is 7.63. The zero-order chi connectivity index (χ0) is 27.7. The number of aromatic nitrogens is 1. The molecule has 8 nitrogen and oxygen atoms in total. The molecule has 1 aromatic carbocycles. The van der Waals surface area contributed by atoms with Gasteiger partial charge in [0.25, 0.3) is 5.91 Å². The van der Waals surface area contributed by atoms with E-state index in [9.17, 15) is 22.8 Å². The van der Waals surface area contributed by atoms with E-state index in [1.54, 1.807) is 6.92 Å². The predicted octanol–water partition coefficient (Wildman–Crippen LogP) is 5.34. The van der Waals surface area contributed by atoms with Gasteiger partial charge >= 0.3 is 12.3 Å². The molecule has 2 amide bonds. The van der Waals surface area contributed by atoms with Crippen molar-refractivity contribution in [2.24, 2.45) is 10.7 Å². The second-order valence-electron chi connectivity index (χ2n) is 8.92. The average molecular weight is 554 g/mol. The van der Waals surface area contributed by atoms with Crippen molar-refractivity contribution in [3.05, 3.63) is 69.9 Å². The summed E-state index contributed by atoms with van der Waals surface area (Å²) in [6, 6.07) is 4.43. The van der Waals surface area contributed by atoms with Crippen LogP contribution in [0.1, 0.15) is 49.0 Å². The quantitative estimate of drug-likeness (QED) is 0.295. The Labute approximate surface area is 220 Å². The number of alkyl halides is 3. The third-order valence-corrected chi connectivity index (χ3v) is 6.78. The smallest absolute Gasteiger partial charge is 0.433 e. The van der Waals surface area contributed by atoms with Gasteiger partial charge in [-0.3, -0.25) is 20.1 Å². The van der Waals surface area contributed by atoms with Crippen LogP contribution in [0.5, 0.6) is 0 Å². The van der Waals surface area contributed by atoms with Gasteiger partial charge in [0.2, 0.25) is 0 Å². The number of ether oxygens (including phenoxy) is 1. The van der Waals surface area contributed by atoms with Crippen molar-refractivity contribution in [3.63, 3.8) is 0 Å². The lowest BCUT2D eigenvalue weighted by Crippen LogP contribution is -2.54.